The molecule has 3 rings (SSSR count). The SMILES string of the molecule is O=C(NCCSCc1cccs1)C1CCN(C(=O)c2ccc(Cl)cc2)CC1. The summed E-state index contributed by atoms with van der Waals surface area (Å²) in [4.78, 5) is 28.0. The maximum absolute atomic E-state index is 12.5. The van der Waals surface area contributed by atoms with Gasteiger partial charge in [0.1, 0.15) is 0 Å². The van der Waals surface area contributed by atoms with Gasteiger partial charge in [0.2, 0.25) is 5.91 Å². The smallest absolute Gasteiger partial charge is 0.253 e. The Morgan fingerprint density at radius 2 is 1.93 bits per heavy atom. The summed E-state index contributed by atoms with van der Waals surface area (Å²) in [6.07, 6.45) is 1.43. The molecule has 0 spiro atoms. The van der Waals surface area contributed by atoms with Gasteiger partial charge < -0.3 is 10.2 Å². The average molecular weight is 423 g/mol. The predicted molar refractivity (Wildman–Crippen MR) is 114 cm³/mol. The van der Waals surface area contributed by atoms with Crippen molar-refractivity contribution in [2.45, 2.75) is 18.6 Å². The summed E-state index contributed by atoms with van der Waals surface area (Å²) in [5, 5.41) is 5.75. The van der Waals surface area contributed by atoms with E-state index in [1.165, 1.54) is 4.88 Å². The first-order valence-electron chi connectivity index (χ1n) is 9.06. The van der Waals surface area contributed by atoms with Crippen LogP contribution in [0.3, 0.4) is 0 Å². The number of carbonyl (C=O) groups excluding carboxylic acids is 2. The van der Waals surface area contributed by atoms with Gasteiger partial charge in [0, 0.05) is 52.5 Å². The number of rotatable bonds is 7. The summed E-state index contributed by atoms with van der Waals surface area (Å²) in [6.45, 7) is 1.93. The van der Waals surface area contributed by atoms with Gasteiger partial charge in [0.25, 0.3) is 5.91 Å². The zero-order valence-corrected chi connectivity index (χ0v) is 17.4. The molecule has 0 atom stereocenters. The molecule has 1 aromatic heterocycles. The van der Waals surface area contributed by atoms with Crippen LogP contribution >= 0.6 is 34.7 Å². The van der Waals surface area contributed by atoms with Crippen molar-refractivity contribution in [3.05, 3.63) is 57.2 Å². The van der Waals surface area contributed by atoms with E-state index in [1.807, 2.05) is 16.7 Å². The molecule has 1 saturated heterocycles. The van der Waals surface area contributed by atoms with Crippen LogP contribution in [0.2, 0.25) is 5.02 Å². The maximum Gasteiger partial charge on any atom is 0.253 e. The van der Waals surface area contributed by atoms with Crippen LogP contribution in [0.5, 0.6) is 0 Å². The van der Waals surface area contributed by atoms with Crippen molar-refractivity contribution in [3.8, 4) is 0 Å². The Hall–Kier alpha value is -1.50. The van der Waals surface area contributed by atoms with Crippen LogP contribution in [0, 0.1) is 5.92 Å². The zero-order chi connectivity index (χ0) is 19.1. The highest BCUT2D eigenvalue weighted by Crippen LogP contribution is 2.20. The number of thiophene rings is 1. The van der Waals surface area contributed by atoms with Crippen molar-refractivity contribution >= 4 is 46.5 Å². The molecule has 0 bridgehead atoms. The van der Waals surface area contributed by atoms with Crippen molar-refractivity contribution in [2.24, 2.45) is 5.92 Å². The molecule has 1 aliphatic rings. The number of thioether (sulfide) groups is 1. The largest absolute Gasteiger partial charge is 0.355 e. The lowest BCUT2D eigenvalue weighted by atomic mass is 9.95. The van der Waals surface area contributed by atoms with Crippen LogP contribution in [0.4, 0.5) is 0 Å². The van der Waals surface area contributed by atoms with Crippen LogP contribution in [-0.2, 0) is 10.5 Å². The van der Waals surface area contributed by atoms with Crippen molar-refractivity contribution in [3.63, 3.8) is 0 Å². The number of nitrogens with zero attached hydrogens (tertiary/aromatic N) is 1. The minimum atomic E-state index is 0.00145. The van der Waals surface area contributed by atoms with Gasteiger partial charge in [0.05, 0.1) is 0 Å². The molecule has 1 N–H and O–H groups in total. The number of hydrogen-bond acceptors (Lipinski definition) is 4. The lowest BCUT2D eigenvalue weighted by molar-refractivity contribution is -0.126. The molecule has 2 aromatic rings. The third kappa shape index (κ3) is 5.99. The second kappa shape index (κ2) is 10.2. The van der Waals surface area contributed by atoms with Crippen LogP contribution < -0.4 is 5.32 Å². The molecular formula is C20H23ClN2O2S2. The number of carbonyl (C=O) groups is 2. The molecule has 4 nitrogen and oxygen atoms in total. The number of nitrogens with one attached hydrogen (secondary N) is 1. The van der Waals surface area contributed by atoms with Gasteiger partial charge >= 0.3 is 0 Å². The van der Waals surface area contributed by atoms with E-state index in [0.717, 1.165) is 11.5 Å². The third-order valence-electron chi connectivity index (χ3n) is 4.61. The number of benzene rings is 1. The van der Waals surface area contributed by atoms with Crippen molar-refractivity contribution < 1.29 is 9.59 Å². The molecular weight excluding hydrogens is 400 g/mol. The van der Waals surface area contributed by atoms with Gasteiger partial charge in [0.15, 0.2) is 0 Å². The second-order valence-electron chi connectivity index (χ2n) is 6.50. The zero-order valence-electron chi connectivity index (χ0n) is 15.0. The quantitative estimate of drug-likeness (QED) is 0.676. The van der Waals surface area contributed by atoms with Gasteiger partial charge in [-0.05, 0) is 48.6 Å². The first-order valence-corrected chi connectivity index (χ1v) is 11.5. The molecule has 27 heavy (non-hydrogen) atoms. The average Bonchev–Trinajstić information content (AvgIpc) is 3.21. The molecule has 0 radical (unpaired) electrons. The highest BCUT2D eigenvalue weighted by Gasteiger charge is 2.27. The molecule has 1 aliphatic heterocycles. The molecule has 2 amide bonds. The summed E-state index contributed by atoms with van der Waals surface area (Å²) in [5.41, 5.74) is 0.644. The van der Waals surface area contributed by atoms with E-state index in [4.69, 9.17) is 11.6 Å². The molecule has 1 aromatic carbocycles. The van der Waals surface area contributed by atoms with E-state index in [-0.39, 0.29) is 17.7 Å². The van der Waals surface area contributed by atoms with Crippen molar-refractivity contribution in [1.29, 1.82) is 0 Å². The number of piperidine rings is 1. The minimum Gasteiger partial charge on any atom is -0.355 e. The normalized spacial score (nSPS) is 14.9. The number of halogens is 1. The van der Waals surface area contributed by atoms with Crippen molar-refractivity contribution in [1.82, 2.24) is 10.2 Å². The molecule has 0 unspecified atom stereocenters. The predicted octanol–water partition coefficient (Wildman–Crippen LogP) is 4.30. The van der Waals surface area contributed by atoms with Gasteiger partial charge in [-0.1, -0.05) is 17.7 Å². The van der Waals surface area contributed by atoms with Crippen LogP contribution in [0.1, 0.15) is 28.1 Å². The molecule has 2 heterocycles. The Morgan fingerprint density at radius 1 is 1.19 bits per heavy atom. The fraction of sp³-hybridized carbons (Fsp3) is 0.400. The van der Waals surface area contributed by atoms with Gasteiger partial charge in [-0.15, -0.1) is 11.3 Å². The topological polar surface area (TPSA) is 49.4 Å². The Balaban J connectivity index is 1.35. The Morgan fingerprint density at radius 3 is 2.59 bits per heavy atom. The van der Waals surface area contributed by atoms with Gasteiger partial charge in [-0.2, -0.15) is 11.8 Å². The van der Waals surface area contributed by atoms with E-state index >= 15 is 0 Å². The fourth-order valence-corrected chi connectivity index (χ4v) is 4.90. The maximum atomic E-state index is 12.5. The third-order valence-corrected chi connectivity index (χ3v) is 6.93. The monoisotopic (exact) mass is 422 g/mol. The van der Waals surface area contributed by atoms with Gasteiger partial charge in [-0.25, -0.2) is 0 Å². The Labute approximate surface area is 173 Å². The Kier molecular flexibility index (Phi) is 7.61. The lowest BCUT2D eigenvalue weighted by Gasteiger charge is -2.31. The fourth-order valence-electron chi connectivity index (χ4n) is 3.08. The molecule has 0 saturated carbocycles. The van der Waals surface area contributed by atoms with E-state index in [1.54, 1.807) is 35.6 Å². The van der Waals surface area contributed by atoms with Crippen LogP contribution in [0.25, 0.3) is 0 Å². The number of hydrogen-bond donors (Lipinski definition) is 1. The highest BCUT2D eigenvalue weighted by atomic mass is 35.5. The Bertz CT molecular complexity index is 742. The van der Waals surface area contributed by atoms with E-state index < -0.39 is 0 Å². The van der Waals surface area contributed by atoms with E-state index in [0.29, 0.717) is 43.1 Å². The highest BCUT2D eigenvalue weighted by molar-refractivity contribution is 7.98. The summed E-state index contributed by atoms with van der Waals surface area (Å²) < 4.78 is 0. The summed E-state index contributed by atoms with van der Waals surface area (Å²) >= 11 is 9.47. The van der Waals surface area contributed by atoms with E-state index in [2.05, 4.69) is 22.8 Å². The standard InChI is InChI=1S/C20H23ClN2O2S2/c21-17-5-3-16(4-6-17)20(25)23-10-7-15(8-11-23)19(24)22-9-13-26-14-18-2-1-12-27-18/h1-6,12,15H,7-11,13-14H2,(H,22,24). The van der Waals surface area contributed by atoms with E-state index in [9.17, 15) is 9.59 Å². The molecule has 7 heteroatoms. The summed E-state index contributed by atoms with van der Waals surface area (Å²) in [6, 6.07) is 11.1. The van der Waals surface area contributed by atoms with Crippen LogP contribution in [0.15, 0.2) is 41.8 Å². The number of likely N-dealkylation sites (tertiary alicyclic amines) is 1. The van der Waals surface area contributed by atoms with Crippen molar-refractivity contribution in [2.75, 3.05) is 25.4 Å². The van der Waals surface area contributed by atoms with Crippen LogP contribution in [-0.4, -0.2) is 42.1 Å². The first kappa shape index (κ1) is 20.2. The number of amides is 2. The summed E-state index contributed by atoms with van der Waals surface area (Å²) in [7, 11) is 0. The molecule has 0 aliphatic carbocycles. The molecule has 1 fully saturated rings. The molecule has 144 valence electrons. The first-order chi connectivity index (χ1) is 13.1. The lowest BCUT2D eigenvalue weighted by Crippen LogP contribution is -2.43. The van der Waals surface area contributed by atoms with Gasteiger partial charge in [-0.3, -0.25) is 9.59 Å². The second-order valence-corrected chi connectivity index (χ2v) is 9.07. The summed E-state index contributed by atoms with van der Waals surface area (Å²) in [5.74, 6) is 2.04. The minimum absolute atomic E-state index is 0.00145.